The minimum absolute atomic E-state index is 0.00951. The molecule has 0 amide bonds. The van der Waals surface area contributed by atoms with Crippen LogP contribution in [0.3, 0.4) is 0 Å². The van der Waals surface area contributed by atoms with Crippen molar-refractivity contribution in [2.24, 2.45) is 0 Å². The fraction of sp³-hybridized carbons (Fsp3) is 0.417. The van der Waals surface area contributed by atoms with Crippen LogP contribution in [0.2, 0.25) is 0 Å². The summed E-state index contributed by atoms with van der Waals surface area (Å²) in [6.45, 7) is 0.181. The maximum absolute atomic E-state index is 12.6. The van der Waals surface area contributed by atoms with Crippen molar-refractivity contribution in [3.8, 4) is 6.07 Å². The lowest BCUT2D eigenvalue weighted by Gasteiger charge is -2.23. The van der Waals surface area contributed by atoms with Crippen LogP contribution in [0.25, 0.3) is 0 Å². The zero-order valence-corrected chi connectivity index (χ0v) is 12.5. The Bertz CT molecular complexity index is 624. The normalized spacial score (nSPS) is 20.4. The standard InChI is InChI=1S/C12H13BrN2O3S/c13-11-4-1-5-12(10(11)7-14)19(17,18)15-6-2-3-9(15)8-16/h1,4-5,9,16H,2-3,6,8H2/t9-/m0/s1. The van der Waals surface area contributed by atoms with Gasteiger partial charge in [0.25, 0.3) is 0 Å². The second-order valence-corrected chi connectivity index (χ2v) is 7.03. The van der Waals surface area contributed by atoms with Crippen LogP contribution in [-0.2, 0) is 10.0 Å². The van der Waals surface area contributed by atoms with E-state index in [1.165, 1.54) is 10.4 Å². The van der Waals surface area contributed by atoms with Crippen LogP contribution in [-0.4, -0.2) is 37.0 Å². The van der Waals surface area contributed by atoms with E-state index in [1.54, 1.807) is 12.1 Å². The van der Waals surface area contributed by atoms with E-state index in [9.17, 15) is 13.5 Å². The van der Waals surface area contributed by atoms with Gasteiger partial charge in [-0.3, -0.25) is 0 Å². The first-order chi connectivity index (χ1) is 9.02. The highest BCUT2D eigenvalue weighted by atomic mass is 79.9. The molecule has 19 heavy (non-hydrogen) atoms. The smallest absolute Gasteiger partial charge is 0.244 e. The third kappa shape index (κ3) is 2.54. The molecule has 1 saturated heterocycles. The molecule has 102 valence electrons. The van der Waals surface area contributed by atoms with Crippen molar-refractivity contribution in [3.05, 3.63) is 28.2 Å². The van der Waals surface area contributed by atoms with Crippen LogP contribution in [0.4, 0.5) is 0 Å². The van der Waals surface area contributed by atoms with Gasteiger partial charge in [0.2, 0.25) is 10.0 Å². The number of nitrogens with zero attached hydrogens (tertiary/aromatic N) is 2. The van der Waals surface area contributed by atoms with Crippen LogP contribution in [0.15, 0.2) is 27.6 Å². The predicted octanol–water partition coefficient (Wildman–Crippen LogP) is 1.47. The molecule has 0 aromatic heterocycles. The van der Waals surface area contributed by atoms with Crippen LogP contribution in [0.5, 0.6) is 0 Å². The number of hydrogen-bond acceptors (Lipinski definition) is 4. The lowest BCUT2D eigenvalue weighted by atomic mass is 10.2. The van der Waals surface area contributed by atoms with Crippen LogP contribution in [0, 0.1) is 11.3 Å². The molecule has 1 fully saturated rings. The van der Waals surface area contributed by atoms with Gasteiger partial charge in [-0.1, -0.05) is 6.07 Å². The number of hydrogen-bond donors (Lipinski definition) is 1. The highest BCUT2D eigenvalue weighted by molar-refractivity contribution is 9.10. The minimum atomic E-state index is -3.74. The van der Waals surface area contributed by atoms with Crippen molar-refractivity contribution >= 4 is 26.0 Å². The maximum atomic E-state index is 12.6. The monoisotopic (exact) mass is 344 g/mol. The van der Waals surface area contributed by atoms with E-state index in [0.29, 0.717) is 17.4 Å². The highest BCUT2D eigenvalue weighted by Gasteiger charge is 2.36. The number of rotatable bonds is 3. The Balaban J connectivity index is 2.52. The molecule has 0 aliphatic carbocycles. The molecule has 7 heteroatoms. The summed E-state index contributed by atoms with van der Waals surface area (Å²) in [6, 6.07) is 6.16. The average Bonchev–Trinajstić information content (AvgIpc) is 2.87. The van der Waals surface area contributed by atoms with E-state index in [-0.39, 0.29) is 17.1 Å². The Morgan fingerprint density at radius 1 is 1.53 bits per heavy atom. The molecular weight excluding hydrogens is 332 g/mol. The molecule has 1 aliphatic rings. The highest BCUT2D eigenvalue weighted by Crippen LogP contribution is 2.30. The summed E-state index contributed by atoms with van der Waals surface area (Å²) in [5.41, 5.74) is 0.103. The van der Waals surface area contributed by atoms with E-state index in [1.807, 2.05) is 6.07 Å². The predicted molar refractivity (Wildman–Crippen MR) is 72.9 cm³/mol. The van der Waals surface area contributed by atoms with Crippen molar-refractivity contribution in [1.82, 2.24) is 4.31 Å². The molecule has 0 bridgehead atoms. The summed E-state index contributed by atoms with van der Waals surface area (Å²) in [4.78, 5) is -0.00951. The topological polar surface area (TPSA) is 81.4 Å². The van der Waals surface area contributed by atoms with E-state index in [2.05, 4.69) is 15.9 Å². The fourth-order valence-electron chi connectivity index (χ4n) is 2.26. The summed E-state index contributed by atoms with van der Waals surface area (Å²) in [6.07, 6.45) is 1.37. The van der Waals surface area contributed by atoms with Crippen molar-refractivity contribution in [2.45, 2.75) is 23.8 Å². The molecule has 1 heterocycles. The molecule has 5 nitrogen and oxygen atoms in total. The van der Waals surface area contributed by atoms with E-state index in [0.717, 1.165) is 6.42 Å². The Kier molecular flexibility index (Phi) is 4.26. The van der Waals surface area contributed by atoms with Crippen molar-refractivity contribution < 1.29 is 13.5 Å². The van der Waals surface area contributed by atoms with Gasteiger partial charge < -0.3 is 5.11 Å². The number of sulfonamides is 1. The summed E-state index contributed by atoms with van der Waals surface area (Å²) in [5, 5.41) is 18.4. The van der Waals surface area contributed by atoms with Gasteiger partial charge in [-0.05, 0) is 40.9 Å². The SMILES string of the molecule is N#Cc1c(Br)cccc1S(=O)(=O)N1CCC[C@H]1CO. The second kappa shape index (κ2) is 5.59. The average molecular weight is 345 g/mol. The number of benzene rings is 1. The molecule has 0 spiro atoms. The first kappa shape index (κ1) is 14.5. The Hall–Kier alpha value is -0.940. The Labute approximate surface area is 120 Å². The third-order valence-corrected chi connectivity index (χ3v) is 5.86. The quantitative estimate of drug-likeness (QED) is 0.899. The van der Waals surface area contributed by atoms with E-state index >= 15 is 0 Å². The zero-order chi connectivity index (χ0) is 14.0. The molecule has 1 aromatic carbocycles. The summed E-state index contributed by atoms with van der Waals surface area (Å²) in [5.74, 6) is 0. The lowest BCUT2D eigenvalue weighted by molar-refractivity contribution is 0.213. The van der Waals surface area contributed by atoms with Gasteiger partial charge in [0.15, 0.2) is 0 Å². The molecular formula is C12H13BrN2O3S. The number of nitriles is 1. The Morgan fingerprint density at radius 2 is 2.26 bits per heavy atom. The maximum Gasteiger partial charge on any atom is 0.244 e. The second-order valence-electron chi connectivity index (χ2n) is 4.32. The lowest BCUT2D eigenvalue weighted by Crippen LogP contribution is -2.37. The van der Waals surface area contributed by atoms with E-state index in [4.69, 9.17) is 5.26 Å². The van der Waals surface area contributed by atoms with Gasteiger partial charge in [-0.15, -0.1) is 0 Å². The first-order valence-electron chi connectivity index (χ1n) is 5.83. The molecule has 0 radical (unpaired) electrons. The largest absolute Gasteiger partial charge is 0.395 e. The number of aliphatic hydroxyl groups is 1. The molecule has 1 aromatic rings. The van der Waals surface area contributed by atoms with Crippen molar-refractivity contribution in [1.29, 1.82) is 5.26 Å². The van der Waals surface area contributed by atoms with Gasteiger partial charge in [0, 0.05) is 17.1 Å². The number of aliphatic hydroxyl groups excluding tert-OH is 1. The minimum Gasteiger partial charge on any atom is -0.395 e. The van der Waals surface area contributed by atoms with Crippen LogP contribution < -0.4 is 0 Å². The molecule has 1 N–H and O–H groups in total. The zero-order valence-electron chi connectivity index (χ0n) is 10.1. The summed E-state index contributed by atoms with van der Waals surface area (Å²) < 4.78 is 26.9. The molecule has 0 saturated carbocycles. The summed E-state index contributed by atoms with van der Waals surface area (Å²) >= 11 is 3.19. The van der Waals surface area contributed by atoms with Gasteiger partial charge >= 0.3 is 0 Å². The van der Waals surface area contributed by atoms with Gasteiger partial charge in [-0.25, -0.2) is 8.42 Å². The number of halogens is 1. The molecule has 2 rings (SSSR count). The van der Waals surface area contributed by atoms with Crippen LogP contribution in [0.1, 0.15) is 18.4 Å². The van der Waals surface area contributed by atoms with E-state index < -0.39 is 16.1 Å². The molecule has 1 aliphatic heterocycles. The van der Waals surface area contributed by atoms with Gasteiger partial charge in [-0.2, -0.15) is 9.57 Å². The van der Waals surface area contributed by atoms with Crippen LogP contribution >= 0.6 is 15.9 Å². The third-order valence-electron chi connectivity index (χ3n) is 3.21. The molecule has 1 atom stereocenters. The molecule has 0 unspecified atom stereocenters. The van der Waals surface area contributed by atoms with Gasteiger partial charge in [0.1, 0.15) is 11.0 Å². The first-order valence-corrected chi connectivity index (χ1v) is 8.07. The summed E-state index contributed by atoms with van der Waals surface area (Å²) in [7, 11) is -3.74. The Morgan fingerprint density at radius 3 is 2.89 bits per heavy atom. The van der Waals surface area contributed by atoms with Crippen molar-refractivity contribution in [3.63, 3.8) is 0 Å². The fourth-order valence-corrected chi connectivity index (χ4v) is 4.70. The van der Waals surface area contributed by atoms with Gasteiger partial charge in [0.05, 0.1) is 12.2 Å². The van der Waals surface area contributed by atoms with Crippen molar-refractivity contribution in [2.75, 3.05) is 13.2 Å².